The maximum Gasteiger partial charge on any atom is 0.136 e. The molecule has 0 spiro atoms. The van der Waals surface area contributed by atoms with Gasteiger partial charge in [0.15, 0.2) is 0 Å². The van der Waals surface area contributed by atoms with E-state index in [4.69, 9.17) is 10.7 Å². The second kappa shape index (κ2) is 6.60. The summed E-state index contributed by atoms with van der Waals surface area (Å²) in [6, 6.07) is 17.0. The number of aromatic nitrogens is 1. The molecule has 0 bridgehead atoms. The molecule has 1 aromatic carbocycles. The van der Waals surface area contributed by atoms with Crippen molar-refractivity contribution in [3.05, 3.63) is 81.8 Å². The summed E-state index contributed by atoms with van der Waals surface area (Å²) in [5.41, 5.74) is 9.98. The lowest BCUT2D eigenvalue weighted by atomic mass is 10.0. The Hall–Kier alpha value is -2.04. The number of thiophene rings is 1. The highest BCUT2D eigenvalue weighted by Gasteiger charge is 2.23. The summed E-state index contributed by atoms with van der Waals surface area (Å²) in [6.07, 6.45) is 3.05. The molecule has 3 nitrogen and oxygen atoms in total. The highest BCUT2D eigenvalue weighted by Crippen LogP contribution is 2.31. The van der Waals surface area contributed by atoms with Gasteiger partial charge in [-0.25, -0.2) is 0 Å². The number of hydrogen-bond donors (Lipinski definition) is 1. The first-order valence-electron chi connectivity index (χ1n) is 7.40. The van der Waals surface area contributed by atoms with Gasteiger partial charge in [-0.3, -0.25) is 4.99 Å². The predicted molar refractivity (Wildman–Crippen MR) is 98.7 cm³/mol. The molecule has 118 valence electrons. The second-order valence-electron chi connectivity index (χ2n) is 5.56. The summed E-state index contributed by atoms with van der Waals surface area (Å²) in [6.45, 7) is 0.867. The third-order valence-electron chi connectivity index (χ3n) is 4.09. The van der Waals surface area contributed by atoms with Gasteiger partial charge in [0.05, 0.1) is 10.9 Å². The highest BCUT2D eigenvalue weighted by atomic mass is 35.5. The zero-order valence-corrected chi connectivity index (χ0v) is 14.2. The van der Waals surface area contributed by atoms with E-state index in [1.165, 1.54) is 16.8 Å². The largest absolute Gasteiger partial charge is 0.383 e. The predicted octanol–water partition coefficient (Wildman–Crippen LogP) is 4.02. The third-order valence-corrected chi connectivity index (χ3v) is 5.07. The minimum atomic E-state index is 0. The Kier molecular flexibility index (Phi) is 4.55. The fourth-order valence-corrected chi connectivity index (χ4v) is 3.87. The Morgan fingerprint density at radius 3 is 2.78 bits per heavy atom. The van der Waals surface area contributed by atoms with Crippen LogP contribution >= 0.6 is 23.7 Å². The van der Waals surface area contributed by atoms with Crippen LogP contribution in [0.4, 0.5) is 0 Å². The molecular weight excluding hydrogens is 326 g/mol. The highest BCUT2D eigenvalue weighted by molar-refractivity contribution is 7.12. The monoisotopic (exact) mass is 343 g/mol. The minimum Gasteiger partial charge on any atom is -0.383 e. The number of hydrogen-bond acceptors (Lipinski definition) is 3. The van der Waals surface area contributed by atoms with Crippen LogP contribution in [0.5, 0.6) is 0 Å². The van der Waals surface area contributed by atoms with E-state index in [-0.39, 0.29) is 18.4 Å². The first kappa shape index (κ1) is 15.8. The van der Waals surface area contributed by atoms with Crippen molar-refractivity contribution < 1.29 is 0 Å². The molecule has 0 fully saturated rings. The third kappa shape index (κ3) is 3.05. The Labute approximate surface area is 145 Å². The van der Waals surface area contributed by atoms with Crippen LogP contribution in [0, 0.1) is 0 Å². The fraction of sp³-hybridized carbons (Fsp3) is 0.167. The lowest BCUT2D eigenvalue weighted by Crippen LogP contribution is -2.22. The van der Waals surface area contributed by atoms with Crippen molar-refractivity contribution >= 4 is 29.6 Å². The molecule has 0 radical (unpaired) electrons. The Morgan fingerprint density at radius 2 is 1.96 bits per heavy atom. The zero-order valence-electron chi connectivity index (χ0n) is 12.6. The van der Waals surface area contributed by atoms with Crippen molar-refractivity contribution in [2.75, 3.05) is 0 Å². The Balaban J connectivity index is 0.00000156. The number of benzene rings is 1. The molecule has 2 N–H and O–H groups in total. The van der Waals surface area contributed by atoms with E-state index in [1.54, 1.807) is 11.3 Å². The first-order valence-corrected chi connectivity index (χ1v) is 8.28. The van der Waals surface area contributed by atoms with Gasteiger partial charge >= 0.3 is 0 Å². The van der Waals surface area contributed by atoms with Crippen molar-refractivity contribution in [2.45, 2.75) is 19.0 Å². The number of halogens is 1. The van der Waals surface area contributed by atoms with Crippen molar-refractivity contribution in [1.29, 1.82) is 0 Å². The van der Waals surface area contributed by atoms with E-state index < -0.39 is 0 Å². The zero-order chi connectivity index (χ0) is 14.9. The molecule has 1 aliphatic rings. The molecule has 0 aliphatic carbocycles. The minimum absolute atomic E-state index is 0. The molecule has 5 heteroatoms. The van der Waals surface area contributed by atoms with Crippen molar-refractivity contribution in [3.8, 4) is 0 Å². The molecular formula is C18H18ClN3S. The summed E-state index contributed by atoms with van der Waals surface area (Å²) < 4.78 is 2.27. The molecule has 0 saturated carbocycles. The first-order chi connectivity index (χ1) is 10.8. The molecule has 1 unspecified atom stereocenters. The molecule has 3 heterocycles. The van der Waals surface area contributed by atoms with Crippen LogP contribution < -0.4 is 5.73 Å². The molecule has 3 aromatic rings. The van der Waals surface area contributed by atoms with E-state index in [9.17, 15) is 0 Å². The summed E-state index contributed by atoms with van der Waals surface area (Å²) in [4.78, 5) is 5.86. The number of nitrogens with zero attached hydrogens (tertiary/aromatic N) is 2. The molecule has 0 saturated heterocycles. The van der Waals surface area contributed by atoms with Crippen molar-refractivity contribution in [1.82, 2.24) is 4.57 Å². The summed E-state index contributed by atoms with van der Waals surface area (Å²) in [7, 11) is 0. The average molecular weight is 344 g/mol. The lowest BCUT2D eigenvalue weighted by Gasteiger charge is -2.21. The second-order valence-corrected chi connectivity index (χ2v) is 6.47. The normalized spacial score (nSPS) is 16.3. The molecule has 23 heavy (non-hydrogen) atoms. The van der Waals surface area contributed by atoms with E-state index in [0.29, 0.717) is 5.84 Å². The molecule has 1 atom stereocenters. The SMILES string of the molecule is Cl.NC1=NC(c2cccn2Cc2ccccc2)Cc2ccsc21. The maximum absolute atomic E-state index is 6.14. The van der Waals surface area contributed by atoms with Crippen molar-refractivity contribution in [3.63, 3.8) is 0 Å². The summed E-state index contributed by atoms with van der Waals surface area (Å²) in [5.74, 6) is 0.675. The van der Waals surface area contributed by atoms with Crippen LogP contribution in [0.2, 0.25) is 0 Å². The van der Waals surface area contributed by atoms with Gasteiger partial charge in [0.1, 0.15) is 5.84 Å². The Bertz CT molecular complexity index is 820. The van der Waals surface area contributed by atoms with Gasteiger partial charge in [-0.1, -0.05) is 30.3 Å². The quantitative estimate of drug-likeness (QED) is 0.766. The van der Waals surface area contributed by atoms with E-state index in [0.717, 1.165) is 17.8 Å². The average Bonchev–Trinajstić information content (AvgIpc) is 3.17. The molecule has 2 aromatic heterocycles. The summed E-state index contributed by atoms with van der Waals surface area (Å²) >= 11 is 1.68. The van der Waals surface area contributed by atoms with Gasteiger partial charge < -0.3 is 10.3 Å². The van der Waals surface area contributed by atoms with E-state index in [1.807, 2.05) is 6.07 Å². The van der Waals surface area contributed by atoms with Gasteiger partial charge in [0.25, 0.3) is 0 Å². The fourth-order valence-electron chi connectivity index (χ4n) is 3.03. The van der Waals surface area contributed by atoms with Gasteiger partial charge in [-0.15, -0.1) is 23.7 Å². The van der Waals surface area contributed by atoms with Gasteiger partial charge in [0.2, 0.25) is 0 Å². The van der Waals surface area contributed by atoms with Gasteiger partial charge in [-0.05, 0) is 34.7 Å². The smallest absolute Gasteiger partial charge is 0.136 e. The molecule has 1 aliphatic heterocycles. The van der Waals surface area contributed by atoms with Crippen molar-refractivity contribution in [2.24, 2.45) is 10.7 Å². The van der Waals surface area contributed by atoms with Crippen LogP contribution in [0.25, 0.3) is 0 Å². The van der Waals surface area contributed by atoms with E-state index in [2.05, 4.69) is 58.6 Å². The van der Waals surface area contributed by atoms with Crippen LogP contribution in [0.15, 0.2) is 65.1 Å². The molecule has 0 amide bonds. The number of rotatable bonds is 3. The van der Waals surface area contributed by atoms with Crippen LogP contribution in [-0.2, 0) is 13.0 Å². The number of amidine groups is 1. The topological polar surface area (TPSA) is 43.3 Å². The van der Waals surface area contributed by atoms with E-state index >= 15 is 0 Å². The number of aliphatic imine (C=N–C) groups is 1. The maximum atomic E-state index is 6.14. The lowest BCUT2D eigenvalue weighted by molar-refractivity contribution is 0.628. The standard InChI is InChI=1S/C18H17N3S.ClH/c19-18-17-14(8-10-22-17)11-15(20-18)16-7-4-9-21(16)12-13-5-2-1-3-6-13;/h1-10,15H,11-12H2,(H2,19,20);1H. The molecule has 4 rings (SSSR count). The van der Waals surface area contributed by atoms with Crippen LogP contribution in [-0.4, -0.2) is 10.4 Å². The van der Waals surface area contributed by atoms with Crippen LogP contribution in [0.3, 0.4) is 0 Å². The Morgan fingerprint density at radius 1 is 1.13 bits per heavy atom. The van der Waals surface area contributed by atoms with Crippen LogP contribution in [0.1, 0.15) is 27.7 Å². The van der Waals surface area contributed by atoms with Gasteiger partial charge in [0, 0.05) is 24.9 Å². The number of nitrogens with two attached hydrogens (primary N) is 1. The number of fused-ring (bicyclic) bond motifs is 1. The van der Waals surface area contributed by atoms with Gasteiger partial charge in [-0.2, -0.15) is 0 Å². The summed E-state index contributed by atoms with van der Waals surface area (Å²) in [5, 5.41) is 2.10.